The van der Waals surface area contributed by atoms with Crippen LogP contribution in [0.4, 0.5) is 0 Å². The lowest BCUT2D eigenvalue weighted by Crippen LogP contribution is -2.51. The zero-order chi connectivity index (χ0) is 25.6. The van der Waals surface area contributed by atoms with Gasteiger partial charge >= 0.3 is 0 Å². The Balaban J connectivity index is 1.25. The molecule has 2 aliphatic heterocycles. The van der Waals surface area contributed by atoms with Crippen molar-refractivity contribution >= 4 is 5.91 Å². The molecule has 1 atom stereocenters. The molecule has 0 aliphatic carbocycles. The van der Waals surface area contributed by atoms with Gasteiger partial charge < -0.3 is 19.1 Å². The highest BCUT2D eigenvalue weighted by atomic mass is 16.6. The Hall–Kier alpha value is -3.35. The van der Waals surface area contributed by atoms with E-state index in [-0.39, 0.29) is 5.91 Å². The highest BCUT2D eigenvalue weighted by Gasteiger charge is 2.31. The Morgan fingerprint density at radius 1 is 0.892 bits per heavy atom. The van der Waals surface area contributed by atoms with Crippen LogP contribution in [0.1, 0.15) is 25.0 Å². The topological polar surface area (TPSA) is 51.2 Å². The number of morpholine rings is 1. The number of carbonyl (C=O) groups is 1. The van der Waals surface area contributed by atoms with Crippen LogP contribution in [-0.2, 0) is 22.6 Å². The average Bonchev–Trinajstić information content (AvgIpc) is 2.93. The molecule has 5 rings (SSSR count). The lowest BCUT2D eigenvalue weighted by molar-refractivity contribution is -0.151. The fourth-order valence-electron chi connectivity index (χ4n) is 5.02. The van der Waals surface area contributed by atoms with Gasteiger partial charge in [-0.3, -0.25) is 9.69 Å². The maximum atomic E-state index is 13.7. The van der Waals surface area contributed by atoms with Crippen molar-refractivity contribution < 1.29 is 19.0 Å². The molecule has 3 aromatic rings. The van der Waals surface area contributed by atoms with Crippen LogP contribution in [0.2, 0.25) is 0 Å². The van der Waals surface area contributed by atoms with E-state index in [1.54, 1.807) is 0 Å². The number of ether oxygens (including phenoxy) is 3. The second-order valence-electron chi connectivity index (χ2n) is 10.3. The number of fused-ring (bicyclic) bond motifs is 1. The summed E-state index contributed by atoms with van der Waals surface area (Å²) in [7, 11) is 0. The molecule has 1 amide bonds. The predicted octanol–water partition coefficient (Wildman–Crippen LogP) is 5.01. The molecule has 0 bridgehead atoms. The van der Waals surface area contributed by atoms with E-state index in [0.717, 1.165) is 30.2 Å². The van der Waals surface area contributed by atoms with E-state index in [1.165, 1.54) is 16.7 Å². The fraction of sp³-hybridized carbons (Fsp3) is 0.387. The standard InChI is InChI=1S/C31H36N2O4/c1-23(2)19-33(21-25-11-12-28-29(18-25)37-16-15-36-28)31(34)30-22-32(13-14-35-30)20-24-7-6-10-27(17-24)26-8-4-3-5-9-26/h3-12,17-18,23,30H,13-16,19-22H2,1-2H3. The lowest BCUT2D eigenvalue weighted by Gasteiger charge is -2.35. The molecule has 0 spiro atoms. The van der Waals surface area contributed by atoms with Gasteiger partial charge in [-0.05, 0) is 46.4 Å². The first kappa shape index (κ1) is 25.3. The number of carbonyl (C=O) groups excluding carboxylic acids is 1. The Morgan fingerprint density at radius 2 is 1.68 bits per heavy atom. The summed E-state index contributed by atoms with van der Waals surface area (Å²) >= 11 is 0. The molecular formula is C31H36N2O4. The largest absolute Gasteiger partial charge is 0.486 e. The van der Waals surface area contributed by atoms with Crippen molar-refractivity contribution in [1.29, 1.82) is 0 Å². The summed E-state index contributed by atoms with van der Waals surface area (Å²) in [5, 5.41) is 0. The highest BCUT2D eigenvalue weighted by molar-refractivity contribution is 5.81. The van der Waals surface area contributed by atoms with Crippen molar-refractivity contribution in [2.24, 2.45) is 5.92 Å². The summed E-state index contributed by atoms with van der Waals surface area (Å²) in [5.74, 6) is 1.91. The first-order valence-corrected chi connectivity index (χ1v) is 13.2. The van der Waals surface area contributed by atoms with E-state index in [2.05, 4.69) is 67.3 Å². The van der Waals surface area contributed by atoms with E-state index in [4.69, 9.17) is 14.2 Å². The highest BCUT2D eigenvalue weighted by Crippen LogP contribution is 2.31. The fourth-order valence-corrected chi connectivity index (χ4v) is 5.02. The Labute approximate surface area is 219 Å². The number of amides is 1. The van der Waals surface area contributed by atoms with Crippen molar-refractivity contribution in [2.75, 3.05) is 39.5 Å². The molecule has 0 aromatic heterocycles. The summed E-state index contributed by atoms with van der Waals surface area (Å²) in [5.41, 5.74) is 4.69. The lowest BCUT2D eigenvalue weighted by atomic mass is 10.0. The van der Waals surface area contributed by atoms with E-state index >= 15 is 0 Å². The van der Waals surface area contributed by atoms with Crippen molar-refractivity contribution in [3.8, 4) is 22.6 Å². The van der Waals surface area contributed by atoms with Gasteiger partial charge in [0.15, 0.2) is 11.5 Å². The number of rotatable bonds is 8. The van der Waals surface area contributed by atoms with Crippen LogP contribution in [0.5, 0.6) is 11.5 Å². The number of hydrogen-bond donors (Lipinski definition) is 0. The van der Waals surface area contributed by atoms with Crippen LogP contribution in [0, 0.1) is 5.92 Å². The minimum atomic E-state index is -0.470. The minimum absolute atomic E-state index is 0.0475. The first-order valence-electron chi connectivity index (χ1n) is 13.2. The molecule has 0 saturated carbocycles. The maximum Gasteiger partial charge on any atom is 0.253 e. The van der Waals surface area contributed by atoms with Gasteiger partial charge in [0.2, 0.25) is 0 Å². The quantitative estimate of drug-likeness (QED) is 0.435. The minimum Gasteiger partial charge on any atom is -0.486 e. The molecule has 37 heavy (non-hydrogen) atoms. The molecule has 194 valence electrons. The summed E-state index contributed by atoms with van der Waals surface area (Å²) in [6, 6.07) is 25.0. The van der Waals surface area contributed by atoms with Crippen molar-refractivity contribution in [3.63, 3.8) is 0 Å². The Bertz CT molecular complexity index is 1200. The summed E-state index contributed by atoms with van der Waals surface area (Å²) in [4.78, 5) is 17.9. The first-order chi connectivity index (χ1) is 18.0. The van der Waals surface area contributed by atoms with E-state index in [0.29, 0.717) is 45.4 Å². The molecule has 6 nitrogen and oxygen atoms in total. The summed E-state index contributed by atoms with van der Waals surface area (Å²) in [6.45, 7) is 9.32. The van der Waals surface area contributed by atoms with Crippen LogP contribution < -0.4 is 9.47 Å². The molecular weight excluding hydrogens is 464 g/mol. The van der Waals surface area contributed by atoms with Crippen LogP contribution in [0.15, 0.2) is 72.8 Å². The summed E-state index contributed by atoms with van der Waals surface area (Å²) in [6.07, 6.45) is -0.470. The predicted molar refractivity (Wildman–Crippen MR) is 145 cm³/mol. The average molecular weight is 501 g/mol. The van der Waals surface area contributed by atoms with Gasteiger partial charge in [-0.2, -0.15) is 0 Å². The van der Waals surface area contributed by atoms with Gasteiger partial charge in [-0.15, -0.1) is 0 Å². The maximum absolute atomic E-state index is 13.7. The second kappa shape index (κ2) is 11.8. The zero-order valence-electron chi connectivity index (χ0n) is 21.8. The van der Waals surface area contributed by atoms with Gasteiger partial charge in [0.1, 0.15) is 19.3 Å². The smallest absolute Gasteiger partial charge is 0.253 e. The Morgan fingerprint density at radius 3 is 2.49 bits per heavy atom. The van der Waals surface area contributed by atoms with Crippen LogP contribution in [-0.4, -0.2) is 61.3 Å². The number of benzene rings is 3. The molecule has 0 N–H and O–H groups in total. The SMILES string of the molecule is CC(C)CN(Cc1ccc2c(c1)OCCO2)C(=O)C1CN(Cc2cccc(-c3ccccc3)c2)CCO1. The molecule has 1 saturated heterocycles. The van der Waals surface area contributed by atoms with Crippen molar-refractivity contribution in [2.45, 2.75) is 33.0 Å². The van der Waals surface area contributed by atoms with Gasteiger partial charge in [0.05, 0.1) is 6.61 Å². The molecule has 3 aromatic carbocycles. The van der Waals surface area contributed by atoms with E-state index in [1.807, 2.05) is 29.2 Å². The van der Waals surface area contributed by atoms with Gasteiger partial charge in [-0.1, -0.05) is 68.4 Å². The van der Waals surface area contributed by atoms with Gasteiger partial charge in [-0.25, -0.2) is 0 Å². The van der Waals surface area contributed by atoms with Crippen LogP contribution in [0.3, 0.4) is 0 Å². The van der Waals surface area contributed by atoms with Crippen molar-refractivity contribution in [1.82, 2.24) is 9.80 Å². The Kier molecular flexibility index (Phi) is 8.07. The third kappa shape index (κ3) is 6.51. The van der Waals surface area contributed by atoms with Crippen molar-refractivity contribution in [3.05, 3.63) is 83.9 Å². The van der Waals surface area contributed by atoms with E-state index < -0.39 is 6.10 Å². The second-order valence-corrected chi connectivity index (χ2v) is 10.3. The molecule has 2 aliphatic rings. The van der Waals surface area contributed by atoms with Gasteiger partial charge in [0, 0.05) is 32.7 Å². The summed E-state index contributed by atoms with van der Waals surface area (Å²) < 4.78 is 17.4. The molecule has 1 fully saturated rings. The van der Waals surface area contributed by atoms with Crippen LogP contribution in [0.25, 0.3) is 11.1 Å². The zero-order valence-corrected chi connectivity index (χ0v) is 21.8. The monoisotopic (exact) mass is 500 g/mol. The number of nitrogens with zero attached hydrogens (tertiary/aromatic N) is 2. The molecule has 1 unspecified atom stereocenters. The molecule has 2 heterocycles. The van der Waals surface area contributed by atoms with Crippen LogP contribution >= 0.6 is 0 Å². The van der Waals surface area contributed by atoms with Gasteiger partial charge in [0.25, 0.3) is 5.91 Å². The third-order valence-electron chi connectivity index (χ3n) is 6.74. The number of hydrogen-bond acceptors (Lipinski definition) is 5. The molecule has 0 radical (unpaired) electrons. The normalized spacial score (nSPS) is 17.5. The van der Waals surface area contributed by atoms with E-state index in [9.17, 15) is 4.79 Å². The third-order valence-corrected chi connectivity index (χ3v) is 6.74. The molecule has 6 heteroatoms.